The van der Waals surface area contributed by atoms with Crippen LogP contribution in [0.25, 0.3) is 11.1 Å². The number of rotatable bonds is 5. The predicted molar refractivity (Wildman–Crippen MR) is 108 cm³/mol. The molecule has 1 unspecified atom stereocenters. The van der Waals surface area contributed by atoms with Crippen molar-refractivity contribution >= 4 is 45.1 Å². The predicted octanol–water partition coefficient (Wildman–Crippen LogP) is 5.01. The fraction of sp³-hybridized carbons (Fsp3) is 0.350. The molecule has 1 atom stereocenters. The van der Waals surface area contributed by atoms with E-state index in [4.69, 9.17) is 4.42 Å². The van der Waals surface area contributed by atoms with Gasteiger partial charge < -0.3 is 9.73 Å². The number of carbonyl (C=O) groups excluding carboxylic acids is 1. The number of anilines is 1. The lowest BCUT2D eigenvalue weighted by molar-refractivity contribution is -0.113. The Balaban J connectivity index is 1.43. The van der Waals surface area contributed by atoms with Gasteiger partial charge in [-0.05, 0) is 42.9 Å². The number of fused-ring (bicyclic) bond motifs is 2. The molecule has 0 saturated heterocycles. The molecule has 1 amide bonds. The average molecular weight is 398 g/mol. The number of thiophene rings is 1. The maximum absolute atomic E-state index is 12.4. The number of aromatic nitrogens is 1. The van der Waals surface area contributed by atoms with E-state index in [1.165, 1.54) is 16.6 Å². The highest BCUT2D eigenvalue weighted by atomic mass is 32.2. The summed E-state index contributed by atoms with van der Waals surface area (Å²) in [6.07, 6.45) is 4.22. The maximum Gasteiger partial charge on any atom is 0.257 e. The van der Waals surface area contributed by atoms with Crippen LogP contribution in [0.4, 0.5) is 5.00 Å². The van der Waals surface area contributed by atoms with Gasteiger partial charge in [-0.2, -0.15) is 5.26 Å². The minimum absolute atomic E-state index is 0.149. The molecule has 2 heterocycles. The number of benzene rings is 1. The Bertz CT molecular complexity index is 999. The Morgan fingerprint density at radius 1 is 1.48 bits per heavy atom. The molecule has 1 aliphatic carbocycles. The van der Waals surface area contributed by atoms with Gasteiger partial charge in [-0.15, -0.1) is 11.3 Å². The summed E-state index contributed by atoms with van der Waals surface area (Å²) in [5.41, 5.74) is 3.27. The third kappa shape index (κ3) is 3.73. The van der Waals surface area contributed by atoms with Gasteiger partial charge in [0.25, 0.3) is 5.22 Å². The second kappa shape index (κ2) is 7.75. The van der Waals surface area contributed by atoms with Gasteiger partial charge in [0, 0.05) is 4.88 Å². The third-order valence-electron chi connectivity index (χ3n) is 4.91. The number of thioether (sulfide) groups is 1. The van der Waals surface area contributed by atoms with Gasteiger partial charge in [-0.25, -0.2) is 4.98 Å². The van der Waals surface area contributed by atoms with Crippen LogP contribution in [0.15, 0.2) is 33.9 Å². The highest BCUT2D eigenvalue weighted by Crippen LogP contribution is 2.40. The molecule has 1 aromatic carbocycles. The zero-order valence-corrected chi connectivity index (χ0v) is 16.6. The van der Waals surface area contributed by atoms with Gasteiger partial charge in [0.15, 0.2) is 5.58 Å². The number of nitrogens with zero attached hydrogens (tertiary/aromatic N) is 2. The van der Waals surface area contributed by atoms with Gasteiger partial charge in [0.05, 0.1) is 11.3 Å². The first-order valence-electron chi connectivity index (χ1n) is 9.00. The summed E-state index contributed by atoms with van der Waals surface area (Å²) in [6.45, 7) is 2.21. The van der Waals surface area contributed by atoms with Crippen molar-refractivity contribution < 1.29 is 9.21 Å². The summed E-state index contributed by atoms with van der Waals surface area (Å²) in [5, 5.41) is 13.6. The van der Waals surface area contributed by atoms with E-state index in [0.717, 1.165) is 36.8 Å². The minimum Gasteiger partial charge on any atom is -0.431 e. The summed E-state index contributed by atoms with van der Waals surface area (Å²) < 4.78 is 5.63. The number of carbonyl (C=O) groups is 1. The molecule has 0 saturated carbocycles. The van der Waals surface area contributed by atoms with Crippen molar-refractivity contribution in [3.63, 3.8) is 0 Å². The van der Waals surface area contributed by atoms with Crippen molar-refractivity contribution in [3.8, 4) is 6.07 Å². The van der Waals surface area contributed by atoms with E-state index in [0.29, 0.717) is 27.3 Å². The van der Waals surface area contributed by atoms with Crippen LogP contribution >= 0.6 is 23.1 Å². The van der Waals surface area contributed by atoms with E-state index in [9.17, 15) is 10.1 Å². The van der Waals surface area contributed by atoms with Crippen LogP contribution in [-0.4, -0.2) is 16.6 Å². The lowest BCUT2D eigenvalue weighted by atomic mass is 9.86. The smallest absolute Gasteiger partial charge is 0.257 e. The van der Waals surface area contributed by atoms with Crippen LogP contribution in [0.5, 0.6) is 0 Å². The first-order valence-corrected chi connectivity index (χ1v) is 10.8. The quantitative estimate of drug-likeness (QED) is 0.613. The van der Waals surface area contributed by atoms with E-state index in [-0.39, 0.29) is 11.7 Å². The van der Waals surface area contributed by atoms with Crippen molar-refractivity contribution in [3.05, 3.63) is 40.3 Å². The highest BCUT2D eigenvalue weighted by molar-refractivity contribution is 7.99. The lowest BCUT2D eigenvalue weighted by Crippen LogP contribution is -2.14. The van der Waals surface area contributed by atoms with E-state index in [2.05, 4.69) is 23.3 Å². The molecule has 4 rings (SSSR count). The van der Waals surface area contributed by atoms with Crippen molar-refractivity contribution in [2.24, 2.45) is 5.92 Å². The Labute approximate surface area is 165 Å². The third-order valence-corrected chi connectivity index (χ3v) is 6.91. The van der Waals surface area contributed by atoms with Crippen LogP contribution in [0.3, 0.4) is 0 Å². The standard InChI is InChI=1S/C20H19N3O2S2/c1-2-12-7-8-13-14(10-21)19(27-17(13)9-12)23-18(24)11-26-20-22-15-5-3-4-6-16(15)25-20/h3-6,12H,2,7-9,11H2,1H3,(H,23,24). The Hall–Kier alpha value is -2.30. The lowest BCUT2D eigenvalue weighted by Gasteiger charge is -2.20. The molecule has 1 N–H and O–H groups in total. The molecule has 3 aromatic rings. The van der Waals surface area contributed by atoms with E-state index in [1.807, 2.05) is 24.3 Å². The molecule has 0 fully saturated rings. The minimum atomic E-state index is -0.149. The van der Waals surface area contributed by atoms with Crippen molar-refractivity contribution in [2.45, 2.75) is 37.8 Å². The largest absolute Gasteiger partial charge is 0.431 e. The summed E-state index contributed by atoms with van der Waals surface area (Å²) in [7, 11) is 0. The molecule has 138 valence electrons. The molecule has 7 heteroatoms. The first-order chi connectivity index (χ1) is 13.2. The number of para-hydroxylation sites is 2. The van der Waals surface area contributed by atoms with Gasteiger partial charge in [0.2, 0.25) is 5.91 Å². The Kier molecular flexibility index (Phi) is 5.19. The Morgan fingerprint density at radius 2 is 2.33 bits per heavy atom. The number of amides is 1. The topological polar surface area (TPSA) is 78.9 Å². The van der Waals surface area contributed by atoms with E-state index < -0.39 is 0 Å². The van der Waals surface area contributed by atoms with Crippen molar-refractivity contribution in [1.82, 2.24) is 4.98 Å². The number of oxazole rings is 1. The zero-order chi connectivity index (χ0) is 18.8. The molecule has 0 radical (unpaired) electrons. The molecule has 2 aromatic heterocycles. The van der Waals surface area contributed by atoms with Crippen LogP contribution in [-0.2, 0) is 17.6 Å². The fourth-order valence-corrected chi connectivity index (χ4v) is 5.38. The fourth-order valence-electron chi connectivity index (χ4n) is 3.41. The average Bonchev–Trinajstić information content (AvgIpc) is 3.25. The monoisotopic (exact) mass is 397 g/mol. The first kappa shape index (κ1) is 18.1. The molecular weight excluding hydrogens is 378 g/mol. The van der Waals surface area contributed by atoms with E-state index in [1.54, 1.807) is 11.3 Å². The second-order valence-electron chi connectivity index (χ2n) is 6.62. The van der Waals surface area contributed by atoms with Crippen LogP contribution in [0.1, 0.15) is 35.8 Å². The van der Waals surface area contributed by atoms with Crippen molar-refractivity contribution in [2.75, 3.05) is 11.1 Å². The molecule has 0 spiro atoms. The van der Waals surface area contributed by atoms with Crippen LogP contribution < -0.4 is 5.32 Å². The number of hydrogen-bond acceptors (Lipinski definition) is 6. The summed E-state index contributed by atoms with van der Waals surface area (Å²) in [6, 6.07) is 9.81. The highest BCUT2D eigenvalue weighted by Gasteiger charge is 2.25. The van der Waals surface area contributed by atoms with Crippen LogP contribution in [0, 0.1) is 17.2 Å². The Morgan fingerprint density at radius 3 is 3.11 bits per heavy atom. The van der Waals surface area contributed by atoms with Gasteiger partial charge in [-0.3, -0.25) is 4.79 Å². The van der Waals surface area contributed by atoms with Crippen molar-refractivity contribution in [1.29, 1.82) is 5.26 Å². The molecule has 0 bridgehead atoms. The van der Waals surface area contributed by atoms with Gasteiger partial charge in [0.1, 0.15) is 16.6 Å². The van der Waals surface area contributed by atoms with Gasteiger partial charge in [-0.1, -0.05) is 37.2 Å². The number of nitriles is 1. The SMILES string of the molecule is CCC1CCc2c(sc(NC(=O)CSc3nc4ccccc4o3)c2C#N)C1. The summed E-state index contributed by atoms with van der Waals surface area (Å²) in [5.74, 6) is 0.725. The maximum atomic E-state index is 12.4. The summed E-state index contributed by atoms with van der Waals surface area (Å²) >= 11 is 2.81. The summed E-state index contributed by atoms with van der Waals surface area (Å²) in [4.78, 5) is 18.0. The molecule has 1 aliphatic rings. The van der Waals surface area contributed by atoms with Crippen LogP contribution in [0.2, 0.25) is 0 Å². The molecule has 0 aliphatic heterocycles. The number of nitrogens with one attached hydrogen (secondary N) is 1. The molecule has 27 heavy (non-hydrogen) atoms. The van der Waals surface area contributed by atoms with E-state index >= 15 is 0 Å². The van der Waals surface area contributed by atoms with Gasteiger partial charge >= 0.3 is 0 Å². The molecular formula is C20H19N3O2S2. The number of hydrogen-bond donors (Lipinski definition) is 1. The molecule has 5 nitrogen and oxygen atoms in total. The second-order valence-corrected chi connectivity index (χ2v) is 8.65. The normalized spacial score (nSPS) is 16.1. The zero-order valence-electron chi connectivity index (χ0n) is 14.9.